The minimum Gasteiger partial charge on any atom is -0.461 e. The van der Waals surface area contributed by atoms with Crippen LogP contribution >= 0.6 is 0 Å². The Kier molecular flexibility index (Phi) is 6.38. The zero-order chi connectivity index (χ0) is 21.6. The van der Waals surface area contributed by atoms with E-state index >= 15 is 0 Å². The molecular formula is C25H21FO5. The van der Waals surface area contributed by atoms with Gasteiger partial charge in [0.25, 0.3) is 0 Å². The number of rotatable bonds is 7. The molecule has 3 aromatic carbocycles. The van der Waals surface area contributed by atoms with E-state index < -0.39 is 18.1 Å². The summed E-state index contributed by atoms with van der Waals surface area (Å²) in [5, 5.41) is 0. The number of ketones is 1. The minimum absolute atomic E-state index is 0.0462. The number of carbonyl (C=O) groups is 2. The molecule has 0 aromatic heterocycles. The number of hydrogen-bond donors (Lipinski definition) is 0. The molecule has 0 spiro atoms. The van der Waals surface area contributed by atoms with Crippen molar-refractivity contribution in [2.45, 2.75) is 32.3 Å². The molecule has 1 atom stereocenters. The summed E-state index contributed by atoms with van der Waals surface area (Å²) < 4.78 is 31.0. The van der Waals surface area contributed by atoms with E-state index in [9.17, 15) is 14.0 Å². The molecule has 0 bridgehead atoms. The summed E-state index contributed by atoms with van der Waals surface area (Å²) in [7, 11) is 0. The van der Waals surface area contributed by atoms with Crippen molar-refractivity contribution in [3.8, 4) is 5.75 Å². The van der Waals surface area contributed by atoms with Gasteiger partial charge in [0.1, 0.15) is 18.2 Å². The number of esters is 1. The molecule has 31 heavy (non-hydrogen) atoms. The summed E-state index contributed by atoms with van der Waals surface area (Å²) in [6, 6.07) is 20.8. The highest BCUT2D eigenvalue weighted by atomic mass is 19.1. The van der Waals surface area contributed by atoms with Crippen molar-refractivity contribution in [1.29, 1.82) is 0 Å². The first-order chi connectivity index (χ1) is 15.1. The molecule has 5 nitrogen and oxygen atoms in total. The number of Topliss-reactive ketones (excluding diaryl/α,β-unsaturated/α-hetero) is 1. The first-order valence-electron chi connectivity index (χ1n) is 9.98. The van der Waals surface area contributed by atoms with Crippen LogP contribution in [0.2, 0.25) is 0 Å². The van der Waals surface area contributed by atoms with E-state index in [2.05, 4.69) is 0 Å². The standard InChI is InChI=1S/C25H21FO5/c26-21-13-19(15-29-23(28)12-11-22(27)17-7-3-1-4-8-17)24-20(14-21)16-30-25(31-24)18-9-5-2-6-10-18/h1-10,13-14,25H,11-12,15-16H2/t25-/m1/s1. The van der Waals surface area contributed by atoms with Crippen molar-refractivity contribution < 1.29 is 28.2 Å². The number of carbonyl (C=O) groups excluding carboxylic acids is 2. The average Bonchev–Trinajstić information content (AvgIpc) is 2.81. The van der Waals surface area contributed by atoms with Crippen LogP contribution in [0.25, 0.3) is 0 Å². The Labute approximate surface area is 179 Å². The Morgan fingerprint density at radius 2 is 1.68 bits per heavy atom. The summed E-state index contributed by atoms with van der Waals surface area (Å²) in [5.41, 5.74) is 2.36. The van der Waals surface area contributed by atoms with E-state index in [0.717, 1.165) is 5.56 Å². The molecule has 0 unspecified atom stereocenters. The lowest BCUT2D eigenvalue weighted by Gasteiger charge is -2.28. The third kappa shape index (κ3) is 5.16. The van der Waals surface area contributed by atoms with Gasteiger partial charge in [0.05, 0.1) is 13.0 Å². The smallest absolute Gasteiger partial charge is 0.306 e. The largest absolute Gasteiger partial charge is 0.461 e. The van der Waals surface area contributed by atoms with E-state index in [1.165, 1.54) is 12.1 Å². The molecule has 0 saturated heterocycles. The van der Waals surface area contributed by atoms with Crippen molar-refractivity contribution in [2.75, 3.05) is 0 Å². The van der Waals surface area contributed by atoms with Gasteiger partial charge in [-0.2, -0.15) is 0 Å². The lowest BCUT2D eigenvalue weighted by Crippen LogP contribution is -2.20. The zero-order valence-corrected chi connectivity index (χ0v) is 16.8. The van der Waals surface area contributed by atoms with Crippen LogP contribution in [0.4, 0.5) is 4.39 Å². The van der Waals surface area contributed by atoms with Crippen molar-refractivity contribution in [3.05, 3.63) is 101 Å². The number of ether oxygens (including phenoxy) is 3. The van der Waals surface area contributed by atoms with E-state index in [1.54, 1.807) is 24.3 Å². The number of hydrogen-bond acceptors (Lipinski definition) is 5. The maximum absolute atomic E-state index is 14.0. The van der Waals surface area contributed by atoms with Crippen LogP contribution in [0.5, 0.6) is 5.75 Å². The summed E-state index contributed by atoms with van der Waals surface area (Å²) >= 11 is 0. The maximum atomic E-state index is 14.0. The molecule has 3 aromatic rings. The Morgan fingerprint density at radius 3 is 2.42 bits per heavy atom. The molecule has 0 N–H and O–H groups in total. The highest BCUT2D eigenvalue weighted by Crippen LogP contribution is 2.36. The highest BCUT2D eigenvalue weighted by Gasteiger charge is 2.25. The van der Waals surface area contributed by atoms with Crippen LogP contribution in [0.3, 0.4) is 0 Å². The summed E-state index contributed by atoms with van der Waals surface area (Å²) in [6.07, 6.45) is -0.635. The predicted octanol–water partition coefficient (Wildman–Crippen LogP) is 5.14. The molecule has 0 radical (unpaired) electrons. The van der Waals surface area contributed by atoms with Gasteiger partial charge >= 0.3 is 5.97 Å². The topological polar surface area (TPSA) is 61.8 Å². The normalized spacial score (nSPS) is 14.9. The number of halogens is 1. The molecule has 158 valence electrons. The van der Waals surface area contributed by atoms with Crippen LogP contribution in [0, 0.1) is 5.82 Å². The van der Waals surface area contributed by atoms with Crippen LogP contribution in [0.15, 0.2) is 72.8 Å². The molecule has 0 amide bonds. The highest BCUT2D eigenvalue weighted by molar-refractivity contribution is 5.97. The number of benzene rings is 3. The quantitative estimate of drug-likeness (QED) is 0.391. The van der Waals surface area contributed by atoms with Crippen molar-refractivity contribution in [2.24, 2.45) is 0 Å². The molecule has 4 rings (SSSR count). The molecule has 6 heteroatoms. The fraction of sp³-hybridized carbons (Fsp3) is 0.200. The second-order valence-corrected chi connectivity index (χ2v) is 7.17. The molecule has 0 aliphatic carbocycles. The van der Waals surface area contributed by atoms with E-state index in [-0.39, 0.29) is 31.8 Å². The average molecular weight is 420 g/mol. The fourth-order valence-corrected chi connectivity index (χ4v) is 3.37. The second kappa shape index (κ2) is 9.53. The van der Waals surface area contributed by atoms with Crippen LogP contribution in [-0.2, 0) is 27.5 Å². The van der Waals surface area contributed by atoms with Crippen LogP contribution in [0.1, 0.15) is 46.2 Å². The van der Waals surface area contributed by atoms with Crippen LogP contribution in [-0.4, -0.2) is 11.8 Å². The SMILES string of the molecule is O=C(CCC(=O)c1ccccc1)OCc1cc(F)cc2c1O[C@H](c1ccccc1)OC2. The first kappa shape index (κ1) is 20.8. The van der Waals surface area contributed by atoms with Crippen molar-refractivity contribution in [1.82, 2.24) is 0 Å². The summed E-state index contributed by atoms with van der Waals surface area (Å²) in [5.74, 6) is -0.676. The second-order valence-electron chi connectivity index (χ2n) is 7.17. The minimum atomic E-state index is -0.628. The Balaban J connectivity index is 1.39. The van der Waals surface area contributed by atoms with Gasteiger partial charge in [0.2, 0.25) is 6.29 Å². The summed E-state index contributed by atoms with van der Waals surface area (Å²) in [4.78, 5) is 24.3. The Bertz CT molecular complexity index is 1070. The van der Waals surface area contributed by atoms with Gasteiger partial charge in [-0.3, -0.25) is 9.59 Å². The van der Waals surface area contributed by atoms with Gasteiger partial charge in [-0.15, -0.1) is 0 Å². The van der Waals surface area contributed by atoms with Gasteiger partial charge in [0.15, 0.2) is 5.78 Å². The monoisotopic (exact) mass is 420 g/mol. The van der Waals surface area contributed by atoms with Crippen LogP contribution < -0.4 is 4.74 Å². The van der Waals surface area contributed by atoms with Gasteiger partial charge < -0.3 is 14.2 Å². The Hall–Kier alpha value is -3.51. The summed E-state index contributed by atoms with van der Waals surface area (Å²) in [6.45, 7) is 0.0269. The first-order valence-corrected chi connectivity index (χ1v) is 9.98. The van der Waals surface area contributed by atoms with Gasteiger partial charge in [-0.25, -0.2) is 4.39 Å². The van der Waals surface area contributed by atoms with Gasteiger partial charge in [-0.05, 0) is 12.1 Å². The zero-order valence-electron chi connectivity index (χ0n) is 16.8. The third-order valence-electron chi connectivity index (χ3n) is 4.93. The maximum Gasteiger partial charge on any atom is 0.306 e. The number of fused-ring (bicyclic) bond motifs is 1. The van der Waals surface area contributed by atoms with Crippen molar-refractivity contribution >= 4 is 11.8 Å². The van der Waals surface area contributed by atoms with Gasteiger partial charge in [0, 0.05) is 28.7 Å². The van der Waals surface area contributed by atoms with Crippen molar-refractivity contribution in [3.63, 3.8) is 0 Å². The molecule has 1 aliphatic rings. The Morgan fingerprint density at radius 1 is 0.968 bits per heavy atom. The molecule has 0 saturated carbocycles. The van der Waals surface area contributed by atoms with E-state index in [4.69, 9.17) is 14.2 Å². The molecule has 1 aliphatic heterocycles. The van der Waals surface area contributed by atoms with E-state index in [1.807, 2.05) is 36.4 Å². The molecular weight excluding hydrogens is 399 g/mol. The molecule has 1 heterocycles. The lowest BCUT2D eigenvalue weighted by molar-refractivity contribution is -0.145. The predicted molar refractivity (Wildman–Crippen MR) is 111 cm³/mol. The fourth-order valence-electron chi connectivity index (χ4n) is 3.37. The van der Waals surface area contributed by atoms with Gasteiger partial charge in [-0.1, -0.05) is 60.7 Å². The lowest BCUT2D eigenvalue weighted by atomic mass is 10.1. The molecule has 0 fully saturated rings. The van der Waals surface area contributed by atoms with E-state index in [0.29, 0.717) is 22.4 Å². The third-order valence-corrected chi connectivity index (χ3v) is 4.93.